The summed E-state index contributed by atoms with van der Waals surface area (Å²) < 4.78 is 45.7. The molecule has 1 aliphatic heterocycles. The molecule has 256 valence electrons. The lowest BCUT2D eigenvalue weighted by Gasteiger charge is -2.50. The third kappa shape index (κ3) is 7.74. The van der Waals surface area contributed by atoms with Gasteiger partial charge in [0.2, 0.25) is 18.1 Å². The van der Waals surface area contributed by atoms with Gasteiger partial charge in [0, 0.05) is 5.38 Å². The lowest BCUT2D eigenvalue weighted by molar-refractivity contribution is -0.753. The van der Waals surface area contributed by atoms with Gasteiger partial charge in [-0.05, 0) is 44.5 Å². The summed E-state index contributed by atoms with van der Waals surface area (Å²) in [5.74, 6) is -1.29. The molecule has 1 aromatic carbocycles. The number of hydrogen-bond donors (Lipinski definition) is 5. The number of hydroxylamine groups is 2. The van der Waals surface area contributed by atoms with Crippen molar-refractivity contribution in [1.29, 1.82) is 0 Å². The molecular weight excluding hydrogens is 672 g/mol. The van der Waals surface area contributed by atoms with Crippen LogP contribution in [-0.2, 0) is 42.7 Å². The highest BCUT2D eigenvalue weighted by molar-refractivity contribution is 7.80. The van der Waals surface area contributed by atoms with Gasteiger partial charge in [-0.2, -0.15) is 23.4 Å². The number of aromatic amines is 1. The van der Waals surface area contributed by atoms with Crippen molar-refractivity contribution in [2.75, 3.05) is 18.9 Å². The molecule has 2 atom stereocenters. The predicted molar refractivity (Wildman–Crippen MR) is 167 cm³/mol. The molecule has 0 aliphatic carbocycles. The number of hydrogen-bond acceptors (Lipinski definition) is 15. The monoisotopic (exact) mass is 705 g/mol. The number of nitrogen functional groups attached to an aromatic ring is 1. The standard InChI is InChI=1S/C26H32N12O8S2/c1-26(2)21(24(40)38(26)46-48(41,42)43)30-23(39)20(18-14-47-25(28)29-18)33-45-19(22-31-34-35-32-22)13-44-17-7-5-15(6-8-17)16-11-36(3)37(12-16)10-4-9-27/h5-8,11-12,14,19,21H,4,9-10,13,27H2,1-3H3,(H4-,28,29,30,31,32,34,35,39,41,42,43)/p+1/b33-20-/t19-,21+/m0/s1. The van der Waals surface area contributed by atoms with Crippen molar-refractivity contribution in [3.8, 4) is 16.9 Å². The maximum atomic E-state index is 13.4. The molecule has 5 rings (SSSR count). The summed E-state index contributed by atoms with van der Waals surface area (Å²) in [4.78, 5) is 35.8. The lowest BCUT2D eigenvalue weighted by atomic mass is 9.84. The van der Waals surface area contributed by atoms with Crippen LogP contribution in [0.2, 0.25) is 0 Å². The molecule has 0 unspecified atom stereocenters. The Labute approximate surface area is 277 Å². The largest absolute Gasteiger partial charge is 0.489 e. The van der Waals surface area contributed by atoms with Crippen LogP contribution in [0.3, 0.4) is 0 Å². The van der Waals surface area contributed by atoms with Crippen LogP contribution < -0.4 is 26.2 Å². The number of nitrogens with two attached hydrogens (primary N) is 2. The van der Waals surface area contributed by atoms with Crippen molar-refractivity contribution >= 4 is 44.4 Å². The number of thiazole rings is 1. The quantitative estimate of drug-likeness (QED) is 0.0335. The first-order chi connectivity index (χ1) is 22.8. The van der Waals surface area contributed by atoms with Gasteiger partial charge in [0.25, 0.3) is 11.8 Å². The Morgan fingerprint density at radius 1 is 1.29 bits per heavy atom. The Morgan fingerprint density at radius 3 is 2.65 bits per heavy atom. The topological polar surface area (TPSA) is 272 Å². The fourth-order valence-corrected chi connectivity index (χ4v) is 5.70. The highest BCUT2D eigenvalue weighted by Crippen LogP contribution is 2.33. The molecule has 48 heavy (non-hydrogen) atoms. The van der Waals surface area contributed by atoms with Crippen LogP contribution in [-0.4, -0.2) is 90.6 Å². The molecule has 2 amide bonds. The number of β-lactam (4-membered cyclic amide) rings is 1. The molecule has 1 aliphatic rings. The number of benzene rings is 1. The van der Waals surface area contributed by atoms with E-state index < -0.39 is 39.9 Å². The maximum Gasteiger partial charge on any atom is 0.418 e. The molecule has 0 radical (unpaired) electrons. The number of carbonyl (C=O) groups excluding carboxylic acids is 2. The van der Waals surface area contributed by atoms with E-state index in [1.54, 1.807) is 12.1 Å². The fraction of sp³-hybridized carbons (Fsp3) is 0.385. The Balaban J connectivity index is 1.30. The number of anilines is 1. The zero-order valence-electron chi connectivity index (χ0n) is 25.9. The molecule has 4 heterocycles. The van der Waals surface area contributed by atoms with Crippen molar-refractivity contribution in [3.63, 3.8) is 0 Å². The van der Waals surface area contributed by atoms with Crippen LogP contribution in [0.5, 0.6) is 5.75 Å². The number of H-pyrrole nitrogens is 1. The van der Waals surface area contributed by atoms with E-state index in [1.807, 2.05) is 36.3 Å². The molecular formula is C26H33N12O8S2+. The average molecular weight is 706 g/mol. The van der Waals surface area contributed by atoms with E-state index in [4.69, 9.17) is 25.6 Å². The van der Waals surface area contributed by atoms with Crippen LogP contribution in [0, 0.1) is 0 Å². The Kier molecular flexibility index (Phi) is 10.00. The molecule has 7 N–H and O–H groups in total. The molecule has 20 nitrogen and oxygen atoms in total. The van der Waals surface area contributed by atoms with Gasteiger partial charge in [-0.25, -0.2) is 4.98 Å². The van der Waals surface area contributed by atoms with Gasteiger partial charge >= 0.3 is 10.4 Å². The number of tetrazole rings is 1. The summed E-state index contributed by atoms with van der Waals surface area (Å²) in [6.07, 6.45) is 3.84. The second-order valence-corrected chi connectivity index (χ2v) is 12.9. The lowest BCUT2D eigenvalue weighted by Crippen LogP contribution is -2.76. The number of rotatable bonds is 15. The number of aryl methyl sites for hydroxylation is 2. The number of nitrogens with zero attached hydrogens (tertiary/aromatic N) is 8. The smallest absolute Gasteiger partial charge is 0.418 e. The number of oxime groups is 1. The van der Waals surface area contributed by atoms with E-state index in [9.17, 15) is 18.0 Å². The molecule has 22 heteroatoms. The van der Waals surface area contributed by atoms with Gasteiger partial charge in [0.15, 0.2) is 17.9 Å². The van der Waals surface area contributed by atoms with Crippen LogP contribution >= 0.6 is 11.3 Å². The van der Waals surface area contributed by atoms with Crippen molar-refractivity contribution in [2.24, 2.45) is 17.9 Å². The maximum absolute atomic E-state index is 13.4. The van der Waals surface area contributed by atoms with Crippen LogP contribution in [0.4, 0.5) is 5.13 Å². The minimum absolute atomic E-state index is 0.0271. The number of carbonyl (C=O) groups is 2. The number of aromatic nitrogens is 7. The van der Waals surface area contributed by atoms with E-state index in [0.29, 0.717) is 17.4 Å². The van der Waals surface area contributed by atoms with Crippen molar-refractivity contribution in [2.45, 2.75) is 44.5 Å². The van der Waals surface area contributed by atoms with E-state index >= 15 is 0 Å². The molecule has 0 saturated carbocycles. The van der Waals surface area contributed by atoms with Crippen LogP contribution in [0.25, 0.3) is 11.1 Å². The number of amides is 2. The Bertz CT molecular complexity index is 1890. The molecule has 1 saturated heterocycles. The van der Waals surface area contributed by atoms with Gasteiger partial charge < -0.3 is 26.4 Å². The molecule has 3 aromatic heterocycles. The third-order valence-electron chi connectivity index (χ3n) is 7.22. The summed E-state index contributed by atoms with van der Waals surface area (Å²) in [6, 6.07) is 6.11. The average Bonchev–Trinajstić information content (AvgIpc) is 3.81. The van der Waals surface area contributed by atoms with Gasteiger partial charge in [0.05, 0.1) is 23.8 Å². The van der Waals surface area contributed by atoms with Crippen LogP contribution in [0.1, 0.15) is 37.9 Å². The number of nitrogens with one attached hydrogen (secondary N) is 2. The highest BCUT2D eigenvalue weighted by atomic mass is 32.3. The summed E-state index contributed by atoms with van der Waals surface area (Å²) in [6.45, 7) is 4.07. The fourth-order valence-electron chi connectivity index (χ4n) is 4.70. The molecule has 4 aromatic rings. The third-order valence-corrected chi connectivity index (χ3v) is 8.23. The van der Waals surface area contributed by atoms with Gasteiger partial charge in [0.1, 0.15) is 24.1 Å². The first-order valence-electron chi connectivity index (χ1n) is 14.3. The second kappa shape index (κ2) is 14.0. The Morgan fingerprint density at radius 2 is 2.04 bits per heavy atom. The minimum Gasteiger partial charge on any atom is -0.489 e. The molecule has 0 spiro atoms. The van der Waals surface area contributed by atoms with Crippen LogP contribution in [0.15, 0.2) is 47.2 Å². The Hall–Kier alpha value is -5.03. The first kappa shape index (κ1) is 34.3. The normalized spacial score (nSPS) is 16.8. The summed E-state index contributed by atoms with van der Waals surface area (Å²) in [5, 5.41) is 22.3. The minimum atomic E-state index is -4.99. The van der Waals surface area contributed by atoms with Gasteiger partial charge in [-0.3, -0.25) is 14.1 Å². The summed E-state index contributed by atoms with van der Waals surface area (Å²) in [5.41, 5.74) is 11.7. The highest BCUT2D eigenvalue weighted by Gasteiger charge is 2.58. The zero-order valence-corrected chi connectivity index (χ0v) is 27.5. The van der Waals surface area contributed by atoms with E-state index in [1.165, 1.54) is 19.2 Å². The summed E-state index contributed by atoms with van der Waals surface area (Å²) >= 11 is 1.03. The SMILES string of the molecule is C[n+]1cc(-c2ccc(OC[C@H](O/N=C(\C(=O)N[C@@H]3C(=O)N(OS(=O)(=O)O)C3(C)C)c3csc(N)n3)c3nn[nH]n3)cc2)cn1CCCN. The van der Waals surface area contributed by atoms with E-state index in [-0.39, 0.29) is 29.0 Å². The van der Waals surface area contributed by atoms with E-state index in [0.717, 1.165) is 35.4 Å². The molecule has 1 fully saturated rings. The van der Waals surface area contributed by atoms with Crippen molar-refractivity contribution in [3.05, 3.63) is 53.6 Å². The van der Waals surface area contributed by atoms with Crippen molar-refractivity contribution < 1.29 is 41.1 Å². The van der Waals surface area contributed by atoms with Gasteiger partial charge in [-0.15, -0.1) is 30.5 Å². The second-order valence-electron chi connectivity index (χ2n) is 11.0. The van der Waals surface area contributed by atoms with E-state index in [2.05, 4.69) is 45.0 Å². The first-order valence-corrected chi connectivity index (χ1v) is 16.5. The van der Waals surface area contributed by atoms with Crippen molar-refractivity contribution in [1.82, 2.24) is 40.7 Å². The number of ether oxygens (including phenoxy) is 1. The predicted octanol–water partition coefficient (Wildman–Crippen LogP) is -0.739. The zero-order chi connectivity index (χ0) is 34.6. The molecule has 0 bridgehead atoms. The van der Waals surface area contributed by atoms with Gasteiger partial charge in [-0.1, -0.05) is 22.5 Å². The summed E-state index contributed by atoms with van der Waals surface area (Å²) in [7, 11) is -3.03.